The number of primary amides is 1. The summed E-state index contributed by atoms with van der Waals surface area (Å²) >= 11 is 0. The molecule has 4 unspecified atom stereocenters. The number of aliphatic hydroxyl groups is 1. The molecule has 0 saturated heterocycles. The number of fused-ring (bicyclic) bond motifs is 3. The van der Waals surface area contributed by atoms with Crippen LogP contribution in [0.5, 0.6) is 5.75 Å². The Morgan fingerprint density at radius 2 is 1.86 bits per heavy atom. The zero-order valence-electron chi connectivity index (χ0n) is 25.4. The molecule has 0 bridgehead atoms. The van der Waals surface area contributed by atoms with Crippen molar-refractivity contribution in [2.45, 2.75) is 31.0 Å². The van der Waals surface area contributed by atoms with E-state index in [1.165, 1.54) is 4.90 Å². The summed E-state index contributed by atoms with van der Waals surface area (Å²) in [5.74, 6) is -10.0. The number of amides is 1. The average Bonchev–Trinajstić information content (AvgIpc) is 3.41. The fourth-order valence-corrected chi connectivity index (χ4v) is 7.24. The van der Waals surface area contributed by atoms with Gasteiger partial charge < -0.3 is 35.3 Å². The summed E-state index contributed by atoms with van der Waals surface area (Å²) in [7, 11) is 8.27. The Kier molecular flexibility index (Phi) is 8.27. The Labute approximate surface area is 254 Å². The number of nitrogens with two attached hydrogens (primary N) is 1. The highest BCUT2D eigenvalue weighted by Gasteiger charge is 2.69. The van der Waals surface area contributed by atoms with Gasteiger partial charge in [0.15, 0.2) is 34.7 Å². The highest BCUT2D eigenvalue weighted by molar-refractivity contribution is 6.32. The van der Waals surface area contributed by atoms with Gasteiger partial charge in [0, 0.05) is 39.4 Å². The Morgan fingerprint density at radius 1 is 1.16 bits per heavy atom. The number of ketones is 4. The molecular formula is C31H38N4O9. The van der Waals surface area contributed by atoms with E-state index in [2.05, 4.69) is 5.32 Å². The lowest BCUT2D eigenvalue weighted by Gasteiger charge is -2.52. The molecule has 1 aromatic heterocycles. The van der Waals surface area contributed by atoms with Gasteiger partial charge in [0.2, 0.25) is 5.91 Å². The highest BCUT2D eigenvalue weighted by Crippen LogP contribution is 2.53. The van der Waals surface area contributed by atoms with Crippen molar-refractivity contribution >= 4 is 34.7 Å². The standard InChI is InChI=1S/C31H38N4O9/c1-34(2)19-12-17(20-7-6-15(44-20)13-33-8-9-43-5)25(36)22-16(19)10-14-11-18-24(35(3)4)27(38)23(30(32)41)29(40)31(18,42)28(39)21(14)26(22)37/h6-7,12,14,18,21,23-24,33,36,42H,8-11,13H2,1-5H3,(H2,32,41)/t14?,18?,21?,23?,24-,31-/m0/s1. The molecule has 2 fully saturated rings. The first kappa shape index (κ1) is 31.5. The van der Waals surface area contributed by atoms with Crippen LogP contribution >= 0.6 is 0 Å². The monoisotopic (exact) mass is 610 g/mol. The maximum absolute atomic E-state index is 14.2. The third-order valence-corrected chi connectivity index (χ3v) is 9.23. The minimum atomic E-state index is -2.78. The molecule has 2 saturated carbocycles. The number of phenols is 1. The number of aromatic hydroxyl groups is 1. The van der Waals surface area contributed by atoms with E-state index in [1.807, 2.05) is 0 Å². The van der Waals surface area contributed by atoms with Crippen LogP contribution in [0, 0.1) is 23.7 Å². The second-order valence-electron chi connectivity index (χ2n) is 12.3. The maximum atomic E-state index is 14.2. The molecule has 1 amide bonds. The zero-order valence-corrected chi connectivity index (χ0v) is 25.4. The molecule has 0 radical (unpaired) electrons. The van der Waals surface area contributed by atoms with Gasteiger partial charge in [-0.3, -0.25) is 28.9 Å². The molecule has 1 heterocycles. The number of nitrogens with zero attached hydrogens (tertiary/aromatic N) is 2. The lowest BCUT2D eigenvalue weighted by atomic mass is 9.52. The van der Waals surface area contributed by atoms with Crippen LogP contribution < -0.4 is 16.0 Å². The molecule has 44 heavy (non-hydrogen) atoms. The maximum Gasteiger partial charge on any atom is 0.235 e. The summed E-state index contributed by atoms with van der Waals surface area (Å²) in [6.07, 6.45) is 0.150. The topological polar surface area (TPSA) is 193 Å². The fraction of sp³-hybridized carbons (Fsp3) is 0.516. The van der Waals surface area contributed by atoms with E-state index in [0.29, 0.717) is 42.5 Å². The molecule has 236 valence electrons. The van der Waals surface area contributed by atoms with Gasteiger partial charge in [-0.1, -0.05) is 0 Å². The van der Waals surface area contributed by atoms with Crippen LogP contribution in [0.2, 0.25) is 0 Å². The highest BCUT2D eigenvalue weighted by atomic mass is 16.5. The van der Waals surface area contributed by atoms with Crippen LogP contribution in [0.25, 0.3) is 11.3 Å². The Bertz CT molecular complexity index is 1550. The van der Waals surface area contributed by atoms with Crippen molar-refractivity contribution in [1.29, 1.82) is 0 Å². The minimum Gasteiger partial charge on any atom is -0.506 e. The predicted molar refractivity (Wildman–Crippen MR) is 157 cm³/mol. The molecule has 5 rings (SSSR count). The molecular weight excluding hydrogens is 572 g/mol. The number of ether oxygens (including phenoxy) is 1. The van der Waals surface area contributed by atoms with E-state index in [1.54, 1.807) is 58.4 Å². The number of hydrogen-bond donors (Lipinski definition) is 4. The van der Waals surface area contributed by atoms with Gasteiger partial charge in [-0.15, -0.1) is 0 Å². The average molecular weight is 611 g/mol. The van der Waals surface area contributed by atoms with E-state index < -0.39 is 64.4 Å². The van der Waals surface area contributed by atoms with Crippen LogP contribution in [0.3, 0.4) is 0 Å². The van der Waals surface area contributed by atoms with E-state index in [0.717, 1.165) is 0 Å². The number of methoxy groups -OCH3 is 1. The fourth-order valence-electron chi connectivity index (χ4n) is 7.24. The van der Waals surface area contributed by atoms with E-state index in [9.17, 15) is 34.2 Å². The van der Waals surface area contributed by atoms with Gasteiger partial charge in [-0.2, -0.15) is 0 Å². The number of nitrogens with one attached hydrogen (secondary N) is 1. The third kappa shape index (κ3) is 4.74. The number of rotatable bonds is 9. The van der Waals surface area contributed by atoms with Gasteiger partial charge in [0.05, 0.1) is 36.2 Å². The number of carbonyl (C=O) groups is 5. The molecule has 0 aliphatic heterocycles. The van der Waals surface area contributed by atoms with Crippen LogP contribution in [0.4, 0.5) is 5.69 Å². The van der Waals surface area contributed by atoms with Gasteiger partial charge in [0.1, 0.15) is 17.3 Å². The third-order valence-electron chi connectivity index (χ3n) is 9.23. The molecule has 0 spiro atoms. The van der Waals surface area contributed by atoms with Gasteiger partial charge in [0.25, 0.3) is 0 Å². The number of Topliss-reactive ketones (excluding diaryl/α,β-unsaturated/α-hetero) is 4. The largest absolute Gasteiger partial charge is 0.506 e. The van der Waals surface area contributed by atoms with Crippen molar-refractivity contribution in [3.05, 3.63) is 35.1 Å². The first-order chi connectivity index (χ1) is 20.7. The van der Waals surface area contributed by atoms with Crippen molar-refractivity contribution in [2.75, 3.05) is 53.4 Å². The Morgan fingerprint density at radius 3 is 2.48 bits per heavy atom. The SMILES string of the molecule is COCCNCc1ccc(-c2cc(N(C)C)c3c(c2O)C(=O)C2C(=O)[C@]4(O)C(=O)C(C(N)=O)C(=O)[C@@H](N(C)C)C4CC2C3)o1. The number of carbonyl (C=O) groups excluding carboxylic acids is 5. The number of likely N-dealkylation sites (N-methyl/N-ethyl adjacent to an activating group) is 1. The van der Waals surface area contributed by atoms with Crippen molar-refractivity contribution in [3.8, 4) is 17.1 Å². The summed E-state index contributed by atoms with van der Waals surface area (Å²) in [4.78, 5) is 70.6. The van der Waals surface area contributed by atoms with Crippen molar-refractivity contribution in [1.82, 2.24) is 10.2 Å². The Balaban J connectivity index is 1.59. The molecule has 1 aromatic carbocycles. The smallest absolute Gasteiger partial charge is 0.235 e. The predicted octanol–water partition coefficient (Wildman–Crippen LogP) is -0.0710. The lowest BCUT2D eigenvalue weighted by Crippen LogP contribution is -2.74. The van der Waals surface area contributed by atoms with E-state index >= 15 is 0 Å². The molecule has 3 aliphatic rings. The van der Waals surface area contributed by atoms with Crippen LogP contribution in [-0.2, 0) is 36.9 Å². The van der Waals surface area contributed by atoms with Gasteiger partial charge in [-0.05, 0) is 56.6 Å². The second kappa shape index (κ2) is 11.5. The Hall–Kier alpha value is -3.91. The van der Waals surface area contributed by atoms with Crippen molar-refractivity contribution in [2.24, 2.45) is 29.4 Å². The first-order valence-corrected chi connectivity index (χ1v) is 14.4. The summed E-state index contributed by atoms with van der Waals surface area (Å²) in [5.41, 5.74) is 3.90. The second-order valence-corrected chi connectivity index (χ2v) is 12.3. The molecule has 2 aromatic rings. The zero-order chi connectivity index (χ0) is 32.2. The number of benzene rings is 1. The van der Waals surface area contributed by atoms with Crippen LogP contribution in [0.1, 0.15) is 28.1 Å². The van der Waals surface area contributed by atoms with Crippen LogP contribution in [0.15, 0.2) is 22.6 Å². The normalized spacial score (nSPS) is 28.1. The minimum absolute atomic E-state index is 0.0170. The van der Waals surface area contributed by atoms with E-state index in [-0.39, 0.29) is 29.7 Å². The van der Waals surface area contributed by atoms with Crippen molar-refractivity contribution in [3.63, 3.8) is 0 Å². The van der Waals surface area contributed by atoms with Gasteiger partial charge in [-0.25, -0.2) is 0 Å². The number of furan rings is 1. The summed E-state index contributed by atoms with van der Waals surface area (Å²) < 4.78 is 11.0. The van der Waals surface area contributed by atoms with Crippen molar-refractivity contribution < 1.29 is 43.3 Å². The summed E-state index contributed by atoms with van der Waals surface area (Å²) in [6.45, 7) is 1.53. The molecule has 3 aliphatic carbocycles. The van der Waals surface area contributed by atoms with E-state index in [4.69, 9.17) is 14.9 Å². The summed E-state index contributed by atoms with van der Waals surface area (Å²) in [5, 5.41) is 26.5. The molecule has 13 heteroatoms. The molecule has 13 nitrogen and oxygen atoms in total. The number of anilines is 1. The first-order valence-electron chi connectivity index (χ1n) is 14.4. The lowest BCUT2D eigenvalue weighted by molar-refractivity contribution is -0.181. The molecule has 5 N–H and O–H groups in total. The van der Waals surface area contributed by atoms with Crippen LogP contribution in [-0.4, -0.2) is 104 Å². The molecule has 6 atom stereocenters. The van der Waals surface area contributed by atoms with Gasteiger partial charge >= 0.3 is 0 Å². The number of phenolic OH excluding ortho intramolecular Hbond substituents is 1. The summed E-state index contributed by atoms with van der Waals surface area (Å²) in [6, 6.07) is 3.98. The quantitative estimate of drug-likeness (QED) is 0.219. The number of hydrogen-bond acceptors (Lipinski definition) is 12.